The maximum atomic E-state index is 10.6. The maximum Gasteiger partial charge on any atom is 0.233 e. The number of sulfonamides is 1. The molecule has 64 valence electrons. The second-order valence-corrected chi connectivity index (χ2v) is 3.75. The zero-order valence-corrected chi connectivity index (χ0v) is 6.85. The maximum absolute atomic E-state index is 10.6. The minimum absolute atomic E-state index is 0.0430. The number of aldehydes is 1. The van der Waals surface area contributed by atoms with Crippen LogP contribution in [0, 0.1) is 0 Å². The van der Waals surface area contributed by atoms with Crippen molar-refractivity contribution < 1.29 is 18.0 Å². The van der Waals surface area contributed by atoms with Crippen LogP contribution < -0.4 is 4.72 Å². The topological polar surface area (TPSA) is 80.3 Å². The van der Waals surface area contributed by atoms with Crippen molar-refractivity contribution in [2.45, 2.75) is 12.8 Å². The minimum Gasteiger partial charge on any atom is -0.303 e. The van der Waals surface area contributed by atoms with Gasteiger partial charge in [-0.05, 0) is 0 Å². The summed E-state index contributed by atoms with van der Waals surface area (Å²) in [5.41, 5.74) is 0. The van der Waals surface area contributed by atoms with Crippen molar-refractivity contribution in [1.29, 1.82) is 0 Å². The smallest absolute Gasteiger partial charge is 0.233 e. The molecule has 0 saturated heterocycles. The molecule has 0 aliphatic carbocycles. The molecule has 1 amide bonds. The molecule has 0 saturated carbocycles. The zero-order valence-electron chi connectivity index (χ0n) is 6.03. The Balaban J connectivity index is 3.80. The minimum atomic E-state index is -3.47. The molecule has 0 aromatic rings. The molecule has 0 rings (SSSR count). The van der Waals surface area contributed by atoms with E-state index in [2.05, 4.69) is 0 Å². The van der Waals surface area contributed by atoms with Crippen molar-refractivity contribution in [3.05, 3.63) is 0 Å². The second kappa shape index (κ2) is 4.07. The van der Waals surface area contributed by atoms with E-state index < -0.39 is 15.9 Å². The molecule has 0 fully saturated rings. The van der Waals surface area contributed by atoms with Crippen LogP contribution in [0.4, 0.5) is 0 Å². The van der Waals surface area contributed by atoms with E-state index in [1.54, 1.807) is 4.72 Å². The predicted molar refractivity (Wildman–Crippen MR) is 38.3 cm³/mol. The van der Waals surface area contributed by atoms with Gasteiger partial charge in [0, 0.05) is 12.8 Å². The van der Waals surface area contributed by atoms with E-state index in [0.717, 1.165) is 6.26 Å². The number of hydrogen-bond acceptors (Lipinski definition) is 4. The summed E-state index contributed by atoms with van der Waals surface area (Å²) in [6.07, 6.45) is 1.39. The van der Waals surface area contributed by atoms with E-state index in [9.17, 15) is 18.0 Å². The Morgan fingerprint density at radius 1 is 1.55 bits per heavy atom. The number of rotatable bonds is 4. The largest absolute Gasteiger partial charge is 0.303 e. The van der Waals surface area contributed by atoms with E-state index >= 15 is 0 Å². The second-order valence-electron chi connectivity index (χ2n) is 2.00. The van der Waals surface area contributed by atoms with Gasteiger partial charge in [-0.2, -0.15) is 0 Å². The molecule has 0 aliphatic heterocycles. The highest BCUT2D eigenvalue weighted by Gasteiger charge is 2.06. The van der Waals surface area contributed by atoms with Crippen LogP contribution in [0.1, 0.15) is 12.8 Å². The van der Waals surface area contributed by atoms with Gasteiger partial charge in [0.25, 0.3) is 0 Å². The SMILES string of the molecule is CS(=O)(=O)NC(=O)CCC=O. The molecule has 0 aromatic heterocycles. The lowest BCUT2D eigenvalue weighted by molar-refractivity contribution is -0.121. The Kier molecular flexibility index (Phi) is 3.73. The van der Waals surface area contributed by atoms with Crippen LogP contribution in [0.25, 0.3) is 0 Å². The van der Waals surface area contributed by atoms with Crippen molar-refractivity contribution >= 4 is 22.2 Å². The summed E-state index contributed by atoms with van der Waals surface area (Å²) in [4.78, 5) is 20.3. The first kappa shape index (κ1) is 10.1. The highest BCUT2D eigenvalue weighted by Crippen LogP contribution is 1.85. The highest BCUT2D eigenvalue weighted by atomic mass is 32.2. The molecule has 0 heterocycles. The van der Waals surface area contributed by atoms with Crippen LogP contribution >= 0.6 is 0 Å². The number of hydrogen-bond donors (Lipinski definition) is 1. The molecule has 0 aliphatic rings. The van der Waals surface area contributed by atoms with Crippen molar-refractivity contribution in [1.82, 2.24) is 4.72 Å². The lowest BCUT2D eigenvalue weighted by Crippen LogP contribution is -2.28. The summed E-state index contributed by atoms with van der Waals surface area (Å²) in [5.74, 6) is -0.653. The van der Waals surface area contributed by atoms with E-state index in [0.29, 0.717) is 6.29 Å². The molecule has 0 unspecified atom stereocenters. The van der Waals surface area contributed by atoms with Gasteiger partial charge in [-0.1, -0.05) is 0 Å². The summed E-state index contributed by atoms with van der Waals surface area (Å²) >= 11 is 0. The molecule has 0 spiro atoms. The fraction of sp³-hybridized carbons (Fsp3) is 0.600. The van der Waals surface area contributed by atoms with E-state index in [1.165, 1.54) is 0 Å². The standard InChI is InChI=1S/C5H9NO4S/c1-11(9,10)6-5(8)3-2-4-7/h4H,2-3H2,1H3,(H,6,8). The lowest BCUT2D eigenvalue weighted by Gasteiger charge is -1.98. The van der Waals surface area contributed by atoms with Crippen LogP contribution in [0.3, 0.4) is 0 Å². The van der Waals surface area contributed by atoms with Crippen LogP contribution in [-0.4, -0.2) is 26.9 Å². The van der Waals surface area contributed by atoms with E-state index in [-0.39, 0.29) is 12.8 Å². The molecule has 1 N–H and O–H groups in total. The van der Waals surface area contributed by atoms with Crippen molar-refractivity contribution in [2.24, 2.45) is 0 Å². The predicted octanol–water partition coefficient (Wildman–Crippen LogP) is -0.959. The summed E-state index contributed by atoms with van der Waals surface area (Å²) in [6, 6.07) is 0. The van der Waals surface area contributed by atoms with Gasteiger partial charge in [0.05, 0.1) is 6.26 Å². The summed E-state index contributed by atoms with van der Waals surface area (Å²) in [6.45, 7) is 0. The number of amides is 1. The summed E-state index contributed by atoms with van der Waals surface area (Å²) in [7, 11) is -3.47. The highest BCUT2D eigenvalue weighted by molar-refractivity contribution is 7.89. The number of carbonyl (C=O) groups excluding carboxylic acids is 2. The summed E-state index contributed by atoms with van der Waals surface area (Å²) in [5, 5.41) is 0. The molecule has 0 bridgehead atoms. The molecule has 0 atom stereocenters. The van der Waals surface area contributed by atoms with Gasteiger partial charge in [-0.3, -0.25) is 9.52 Å². The fourth-order valence-corrected chi connectivity index (χ4v) is 0.963. The molecule has 0 radical (unpaired) electrons. The first-order chi connectivity index (χ1) is 4.95. The average molecular weight is 179 g/mol. The fourth-order valence-electron chi connectivity index (χ4n) is 0.448. The van der Waals surface area contributed by atoms with Crippen LogP contribution in [0.2, 0.25) is 0 Å². The Morgan fingerprint density at radius 2 is 2.09 bits per heavy atom. The van der Waals surface area contributed by atoms with Gasteiger partial charge in [0.15, 0.2) is 0 Å². The first-order valence-electron chi connectivity index (χ1n) is 2.90. The van der Waals surface area contributed by atoms with Gasteiger partial charge >= 0.3 is 0 Å². The van der Waals surface area contributed by atoms with E-state index in [4.69, 9.17) is 0 Å². The third-order valence-electron chi connectivity index (χ3n) is 0.788. The Morgan fingerprint density at radius 3 is 2.45 bits per heavy atom. The van der Waals surface area contributed by atoms with Gasteiger partial charge in [0.1, 0.15) is 6.29 Å². The molecule has 11 heavy (non-hydrogen) atoms. The first-order valence-corrected chi connectivity index (χ1v) is 4.79. The van der Waals surface area contributed by atoms with Crippen LogP contribution in [-0.2, 0) is 19.6 Å². The molecule has 6 heteroatoms. The van der Waals surface area contributed by atoms with Gasteiger partial charge in [-0.25, -0.2) is 8.42 Å². The number of nitrogens with one attached hydrogen (secondary N) is 1. The van der Waals surface area contributed by atoms with Gasteiger partial charge in [-0.15, -0.1) is 0 Å². The number of carbonyl (C=O) groups is 2. The van der Waals surface area contributed by atoms with Crippen LogP contribution in [0.15, 0.2) is 0 Å². The third kappa shape index (κ3) is 6.98. The molecule has 0 aromatic carbocycles. The normalized spacial score (nSPS) is 10.6. The van der Waals surface area contributed by atoms with Gasteiger partial charge in [0.2, 0.25) is 15.9 Å². The molecule has 5 nitrogen and oxygen atoms in total. The summed E-state index contributed by atoms with van der Waals surface area (Å²) < 4.78 is 22.5. The van der Waals surface area contributed by atoms with Crippen molar-refractivity contribution in [3.8, 4) is 0 Å². The van der Waals surface area contributed by atoms with Crippen molar-refractivity contribution in [3.63, 3.8) is 0 Å². The molecular weight excluding hydrogens is 170 g/mol. The average Bonchev–Trinajstić information content (AvgIpc) is 1.79. The zero-order chi connectivity index (χ0) is 8.91. The monoisotopic (exact) mass is 179 g/mol. The van der Waals surface area contributed by atoms with Crippen molar-refractivity contribution in [2.75, 3.05) is 6.26 Å². The van der Waals surface area contributed by atoms with Gasteiger partial charge < -0.3 is 4.79 Å². The molecular formula is C5H9NO4S. The Bertz CT molecular complexity index is 243. The lowest BCUT2D eigenvalue weighted by atomic mass is 10.3. The Hall–Kier alpha value is -0.910. The third-order valence-corrected chi connectivity index (χ3v) is 1.39. The quantitative estimate of drug-likeness (QED) is 0.564. The Labute approximate surface area is 64.8 Å². The van der Waals surface area contributed by atoms with E-state index in [1.807, 2.05) is 0 Å². The van der Waals surface area contributed by atoms with Crippen LogP contribution in [0.5, 0.6) is 0 Å².